The summed E-state index contributed by atoms with van der Waals surface area (Å²) in [7, 11) is 3.68. The van der Waals surface area contributed by atoms with Crippen LogP contribution in [0.1, 0.15) is 37.9 Å². The zero-order valence-electron chi connectivity index (χ0n) is 26.9. The maximum absolute atomic E-state index is 14.0. The molecule has 2 amide bonds. The Morgan fingerprint density at radius 2 is 1.81 bits per heavy atom. The number of carbonyl (C=O) groups is 2. The Kier molecular flexibility index (Phi) is 10.4. The summed E-state index contributed by atoms with van der Waals surface area (Å²) < 4.78 is 44.4. The lowest BCUT2D eigenvalue weighted by atomic mass is 10.0. The van der Waals surface area contributed by atoms with Crippen molar-refractivity contribution in [3.8, 4) is 23.1 Å². The molecule has 14 heteroatoms. The molecule has 1 fully saturated rings. The molecule has 0 unspecified atom stereocenters. The van der Waals surface area contributed by atoms with Crippen molar-refractivity contribution < 1.29 is 22.8 Å². The molecule has 1 atom stereocenters. The minimum absolute atomic E-state index is 0.0171. The number of amides is 2. The van der Waals surface area contributed by atoms with Crippen LogP contribution < -0.4 is 11.0 Å². The van der Waals surface area contributed by atoms with E-state index in [4.69, 9.17) is 0 Å². The lowest BCUT2D eigenvalue weighted by Gasteiger charge is -2.36. The van der Waals surface area contributed by atoms with Gasteiger partial charge in [0.05, 0.1) is 40.5 Å². The summed E-state index contributed by atoms with van der Waals surface area (Å²) in [6, 6.07) is 7.94. The van der Waals surface area contributed by atoms with Crippen LogP contribution in [-0.2, 0) is 4.79 Å². The van der Waals surface area contributed by atoms with Gasteiger partial charge in [-0.1, -0.05) is 18.7 Å². The SMILES string of the molecule is C=C(/C=C(\C=C/C)C(F)(F)F)n1c(C)c(-c2ccnn2-c2ccc(C#N)cc2)n(C(=O)N[C@@H](C)C(=O)N(C)C2CCN(C)CC2)c1=O. The van der Waals surface area contributed by atoms with E-state index in [1.165, 1.54) is 43.8 Å². The van der Waals surface area contributed by atoms with Crippen LogP contribution in [0.25, 0.3) is 22.8 Å². The molecule has 3 heterocycles. The number of hydrogen-bond donors (Lipinski definition) is 1. The highest BCUT2D eigenvalue weighted by molar-refractivity contribution is 5.90. The molecule has 11 nitrogen and oxygen atoms in total. The number of alkyl halides is 3. The number of likely N-dealkylation sites (N-methyl/N-ethyl adjacent to an activating group) is 1. The fraction of sp³-hybridized carbons (Fsp3) is 0.364. The summed E-state index contributed by atoms with van der Waals surface area (Å²) >= 11 is 0. The molecule has 3 aromatic rings. The molecular formula is C33H37F3N8O3. The molecule has 1 aliphatic heterocycles. The molecule has 0 aliphatic carbocycles. The van der Waals surface area contributed by atoms with Gasteiger partial charge < -0.3 is 15.1 Å². The van der Waals surface area contributed by atoms with E-state index < -0.39 is 29.5 Å². The summed E-state index contributed by atoms with van der Waals surface area (Å²) in [5, 5.41) is 16.2. The Bertz CT molecular complexity index is 1810. The van der Waals surface area contributed by atoms with Crippen molar-refractivity contribution in [3.63, 3.8) is 0 Å². The Balaban J connectivity index is 1.81. The zero-order valence-corrected chi connectivity index (χ0v) is 26.9. The zero-order chi connectivity index (χ0) is 34.6. The molecule has 1 N–H and O–H groups in total. The third-order valence-corrected chi connectivity index (χ3v) is 8.19. The number of nitrogens with zero attached hydrogens (tertiary/aromatic N) is 7. The Labute approximate surface area is 270 Å². The van der Waals surface area contributed by atoms with Gasteiger partial charge in [0.25, 0.3) is 0 Å². The van der Waals surface area contributed by atoms with Crippen molar-refractivity contribution in [3.05, 3.63) is 88.7 Å². The summed E-state index contributed by atoms with van der Waals surface area (Å²) in [6.45, 7) is 9.79. The van der Waals surface area contributed by atoms with E-state index in [1.807, 2.05) is 13.1 Å². The lowest BCUT2D eigenvalue weighted by molar-refractivity contribution is -0.134. The number of benzene rings is 1. The molecule has 248 valence electrons. The number of nitrogens with one attached hydrogen (secondary N) is 1. The van der Waals surface area contributed by atoms with Crippen LogP contribution in [0.4, 0.5) is 18.0 Å². The van der Waals surface area contributed by atoms with Gasteiger partial charge in [-0.05, 0) is 90.2 Å². The monoisotopic (exact) mass is 650 g/mol. The largest absolute Gasteiger partial charge is 0.416 e. The molecule has 1 aromatic carbocycles. The molecule has 0 saturated carbocycles. The fourth-order valence-electron chi connectivity index (χ4n) is 5.63. The smallest absolute Gasteiger partial charge is 0.341 e. The first-order chi connectivity index (χ1) is 22.2. The maximum Gasteiger partial charge on any atom is 0.416 e. The van der Waals surface area contributed by atoms with Crippen molar-refractivity contribution in [1.29, 1.82) is 5.26 Å². The van der Waals surface area contributed by atoms with E-state index in [0.29, 0.717) is 11.3 Å². The van der Waals surface area contributed by atoms with Crippen LogP contribution >= 0.6 is 0 Å². The summed E-state index contributed by atoms with van der Waals surface area (Å²) in [5.41, 5.74) is -1.11. The third kappa shape index (κ3) is 7.30. The number of piperidine rings is 1. The summed E-state index contributed by atoms with van der Waals surface area (Å²) in [5.74, 6) is -0.352. The molecule has 0 bridgehead atoms. The first-order valence-electron chi connectivity index (χ1n) is 15.0. The average molecular weight is 651 g/mol. The van der Waals surface area contributed by atoms with Crippen molar-refractivity contribution >= 4 is 17.6 Å². The number of halogens is 3. The van der Waals surface area contributed by atoms with E-state index in [9.17, 15) is 32.8 Å². The molecule has 0 spiro atoms. The highest BCUT2D eigenvalue weighted by Crippen LogP contribution is 2.31. The van der Waals surface area contributed by atoms with Crippen LogP contribution in [0.3, 0.4) is 0 Å². The number of likely N-dealkylation sites (tertiary alicyclic amines) is 1. The molecule has 4 rings (SSSR count). The average Bonchev–Trinajstić information content (AvgIpc) is 3.61. The second-order valence-corrected chi connectivity index (χ2v) is 11.4. The summed E-state index contributed by atoms with van der Waals surface area (Å²) in [6.07, 6.45) is 1.02. The second-order valence-electron chi connectivity index (χ2n) is 11.4. The first-order valence-corrected chi connectivity index (χ1v) is 15.0. The van der Waals surface area contributed by atoms with E-state index in [1.54, 1.807) is 36.2 Å². The Morgan fingerprint density at radius 1 is 1.17 bits per heavy atom. The number of allylic oxidation sites excluding steroid dienone is 5. The van der Waals surface area contributed by atoms with Crippen LogP contribution in [0.2, 0.25) is 0 Å². The minimum atomic E-state index is -4.74. The third-order valence-electron chi connectivity index (χ3n) is 8.19. The van der Waals surface area contributed by atoms with Crippen molar-refractivity contribution in [2.75, 3.05) is 27.2 Å². The maximum atomic E-state index is 14.0. The number of hydrogen-bond acceptors (Lipinski definition) is 6. The van der Waals surface area contributed by atoms with Crippen LogP contribution in [-0.4, -0.2) is 86.1 Å². The molecular weight excluding hydrogens is 613 g/mol. The van der Waals surface area contributed by atoms with Gasteiger partial charge in [-0.25, -0.2) is 18.8 Å². The van der Waals surface area contributed by atoms with Gasteiger partial charge in [0, 0.05) is 18.8 Å². The second kappa shape index (κ2) is 14.1. The fourth-order valence-corrected chi connectivity index (χ4v) is 5.63. The molecule has 1 aliphatic rings. The van der Waals surface area contributed by atoms with E-state index >= 15 is 0 Å². The van der Waals surface area contributed by atoms with Crippen molar-refractivity contribution in [2.24, 2.45) is 0 Å². The van der Waals surface area contributed by atoms with Gasteiger partial charge in [-0.15, -0.1) is 0 Å². The topological polar surface area (TPSA) is 121 Å². The lowest BCUT2D eigenvalue weighted by Crippen LogP contribution is -2.52. The normalized spacial score (nSPS) is 15.4. The highest BCUT2D eigenvalue weighted by atomic mass is 19.4. The number of rotatable bonds is 8. The van der Waals surface area contributed by atoms with E-state index in [0.717, 1.165) is 47.2 Å². The standard InChI is InChI=1S/C33H37F3N8O3/c1-7-8-25(33(34,35)36)19-21(2)42-23(4)29(28-13-16-38-44(28)27-11-9-24(20-37)10-12-27)43(32(42)47)31(46)39-22(3)30(45)41(6)26-14-17-40(5)18-15-26/h7-13,16,19,22,26H,2,14-15,17-18H2,1,3-6H3,(H,39,46)/b8-7-,25-19+/t22-/m0/s1. The molecule has 2 aromatic heterocycles. The molecule has 0 radical (unpaired) electrons. The van der Waals surface area contributed by atoms with Gasteiger partial charge in [-0.3, -0.25) is 9.36 Å². The van der Waals surface area contributed by atoms with E-state index in [-0.39, 0.29) is 34.7 Å². The van der Waals surface area contributed by atoms with Gasteiger partial charge in [0.2, 0.25) is 5.91 Å². The number of imidazole rings is 1. The minimum Gasteiger partial charge on any atom is -0.341 e. The Morgan fingerprint density at radius 3 is 2.38 bits per heavy atom. The van der Waals surface area contributed by atoms with Gasteiger partial charge in [-0.2, -0.15) is 23.5 Å². The van der Waals surface area contributed by atoms with Crippen LogP contribution in [0, 0.1) is 18.3 Å². The first kappa shape index (κ1) is 34.7. The highest BCUT2D eigenvalue weighted by Gasteiger charge is 2.34. The predicted octanol–water partition coefficient (Wildman–Crippen LogP) is 4.72. The van der Waals surface area contributed by atoms with Crippen LogP contribution in [0.15, 0.2) is 71.7 Å². The number of nitriles is 1. The summed E-state index contributed by atoms with van der Waals surface area (Å²) in [4.78, 5) is 45.0. The van der Waals surface area contributed by atoms with Crippen molar-refractivity contribution in [1.82, 2.24) is 34.0 Å². The quantitative estimate of drug-likeness (QED) is 0.353. The number of carbonyl (C=O) groups excluding carboxylic acids is 2. The van der Waals surface area contributed by atoms with E-state index in [2.05, 4.69) is 21.9 Å². The van der Waals surface area contributed by atoms with Crippen LogP contribution in [0.5, 0.6) is 0 Å². The molecule has 47 heavy (non-hydrogen) atoms. The number of aromatic nitrogens is 4. The predicted molar refractivity (Wildman–Crippen MR) is 172 cm³/mol. The van der Waals surface area contributed by atoms with Gasteiger partial charge in [0.15, 0.2) is 0 Å². The van der Waals surface area contributed by atoms with Gasteiger partial charge >= 0.3 is 17.9 Å². The van der Waals surface area contributed by atoms with Crippen molar-refractivity contribution in [2.45, 2.75) is 51.9 Å². The molecule has 1 saturated heterocycles. The Hall–Kier alpha value is -5.16. The van der Waals surface area contributed by atoms with Gasteiger partial charge in [0.1, 0.15) is 11.7 Å².